The minimum Gasteiger partial charge on any atom is -0.487 e. The first-order chi connectivity index (χ1) is 28.6. The van der Waals surface area contributed by atoms with Crippen molar-refractivity contribution < 1.29 is 28.7 Å². The van der Waals surface area contributed by atoms with Crippen LogP contribution in [0.15, 0.2) is 53.5 Å². The normalized spacial score (nSPS) is 19.1. The van der Waals surface area contributed by atoms with Crippen molar-refractivity contribution in [3.05, 3.63) is 75.2 Å². The maximum atomic E-state index is 13.6. The number of nitrogens with one attached hydrogen (secondary N) is 3. The molecular formula is C42H48ClN9O7. The number of amides is 4. The monoisotopic (exact) mass is 825 g/mol. The zero-order chi connectivity index (χ0) is 41.2. The van der Waals surface area contributed by atoms with Crippen LogP contribution in [0.2, 0.25) is 5.02 Å². The van der Waals surface area contributed by atoms with E-state index in [-0.39, 0.29) is 30.1 Å². The Morgan fingerprint density at radius 2 is 1.71 bits per heavy atom. The molecule has 0 saturated carbocycles. The van der Waals surface area contributed by atoms with Gasteiger partial charge in [-0.3, -0.25) is 34.2 Å². The van der Waals surface area contributed by atoms with Crippen LogP contribution < -0.4 is 36.0 Å². The van der Waals surface area contributed by atoms with Crippen LogP contribution in [0.25, 0.3) is 10.9 Å². The molecule has 4 aliphatic rings. The molecule has 0 bridgehead atoms. The van der Waals surface area contributed by atoms with Gasteiger partial charge in [-0.25, -0.2) is 4.98 Å². The molecule has 8 rings (SSSR count). The Morgan fingerprint density at radius 1 is 0.932 bits per heavy atom. The van der Waals surface area contributed by atoms with E-state index in [1.807, 2.05) is 38.2 Å². The van der Waals surface area contributed by atoms with Crippen molar-refractivity contribution in [3.63, 3.8) is 0 Å². The van der Waals surface area contributed by atoms with Crippen molar-refractivity contribution in [2.45, 2.75) is 64.1 Å². The number of halogens is 1. The Kier molecular flexibility index (Phi) is 11.8. The highest BCUT2D eigenvalue weighted by molar-refractivity contribution is 6.33. The number of pyridine rings is 1. The molecule has 6 heterocycles. The van der Waals surface area contributed by atoms with E-state index in [1.54, 1.807) is 29.0 Å². The van der Waals surface area contributed by atoms with E-state index in [4.69, 9.17) is 26.1 Å². The van der Waals surface area contributed by atoms with Crippen LogP contribution in [0, 0.1) is 5.92 Å². The molecule has 3 fully saturated rings. The third kappa shape index (κ3) is 8.21. The molecule has 17 heteroatoms. The Bertz CT molecular complexity index is 2340. The number of hydrogen-bond acceptors (Lipinski definition) is 13. The second-order valence-corrected chi connectivity index (χ2v) is 15.8. The van der Waals surface area contributed by atoms with Crippen LogP contribution in [-0.4, -0.2) is 108 Å². The van der Waals surface area contributed by atoms with Gasteiger partial charge < -0.3 is 34.5 Å². The summed E-state index contributed by atoms with van der Waals surface area (Å²) in [5.41, 5.74) is 2.70. The minimum atomic E-state index is -0.998. The molecule has 59 heavy (non-hydrogen) atoms. The summed E-state index contributed by atoms with van der Waals surface area (Å²) in [5, 5.41) is 9.88. The summed E-state index contributed by atoms with van der Waals surface area (Å²) in [4.78, 5) is 78.9. The van der Waals surface area contributed by atoms with E-state index < -0.39 is 29.7 Å². The summed E-state index contributed by atoms with van der Waals surface area (Å²) in [6.45, 7) is 6.97. The molecule has 16 nitrogen and oxygen atoms in total. The van der Waals surface area contributed by atoms with Gasteiger partial charge in [-0.1, -0.05) is 17.7 Å². The largest absolute Gasteiger partial charge is 0.487 e. The van der Waals surface area contributed by atoms with Crippen molar-refractivity contribution in [2.75, 3.05) is 68.1 Å². The number of carbonyl (C=O) groups excluding carboxylic acids is 4. The maximum absolute atomic E-state index is 13.6. The molecule has 0 aliphatic carbocycles. The number of aromatic nitrogens is 3. The molecule has 4 aromatic rings. The Balaban J connectivity index is 0.836. The number of benzene rings is 2. The number of rotatable bonds is 13. The Labute approximate surface area is 346 Å². The number of anilines is 4. The van der Waals surface area contributed by atoms with Crippen LogP contribution in [0.4, 0.5) is 23.1 Å². The lowest BCUT2D eigenvalue weighted by molar-refractivity contribution is -0.136. The molecule has 4 amide bonds. The number of piperidine rings is 3. The quantitative estimate of drug-likeness (QED) is 0.130. The van der Waals surface area contributed by atoms with Gasteiger partial charge in [0.05, 0.1) is 34.6 Å². The molecule has 3 N–H and O–H groups in total. The lowest BCUT2D eigenvalue weighted by atomic mass is 9.97. The number of ether oxygens (including phenoxy) is 2. The number of carbonyl (C=O) groups is 4. The standard InChI is InChI=1S/C42H48ClN9O7/c1-3-51-31-8-7-27(21-26(31)22-34(40(51)56)58-20-15-44-2)46-37-30(43)23-45-42(48-37)50-16-11-25(12-17-50)24-59-28-13-18-49(19-14-28)32-6-4-5-29-36(32)41(57)52(39(29)55)33-9-10-35(53)47-38(33)54/h4-8,21-23,25,28,33,44H,3,9-20,24H2,1-2H3,(H,45,46,48)(H,47,53,54). The molecule has 0 spiro atoms. The zero-order valence-corrected chi connectivity index (χ0v) is 33.9. The fourth-order valence-corrected chi connectivity index (χ4v) is 8.59. The summed E-state index contributed by atoms with van der Waals surface area (Å²) in [6.07, 6.45) is 5.29. The van der Waals surface area contributed by atoms with E-state index in [2.05, 4.69) is 30.7 Å². The van der Waals surface area contributed by atoms with Crippen molar-refractivity contribution >= 4 is 69.3 Å². The van der Waals surface area contributed by atoms with Crippen molar-refractivity contribution in [1.29, 1.82) is 0 Å². The van der Waals surface area contributed by atoms with E-state index in [9.17, 15) is 24.0 Å². The topological polar surface area (TPSA) is 180 Å². The zero-order valence-electron chi connectivity index (χ0n) is 33.2. The number of imide groups is 2. The highest BCUT2D eigenvalue weighted by atomic mass is 35.5. The smallest absolute Gasteiger partial charge is 0.293 e. The summed E-state index contributed by atoms with van der Waals surface area (Å²) < 4.78 is 13.9. The second-order valence-electron chi connectivity index (χ2n) is 15.4. The van der Waals surface area contributed by atoms with Crippen LogP contribution >= 0.6 is 11.6 Å². The maximum Gasteiger partial charge on any atom is 0.293 e. The summed E-state index contributed by atoms with van der Waals surface area (Å²) >= 11 is 6.58. The first-order valence-corrected chi connectivity index (χ1v) is 20.7. The summed E-state index contributed by atoms with van der Waals surface area (Å²) in [6, 6.07) is 11.8. The first kappa shape index (κ1) is 40.2. The minimum absolute atomic E-state index is 0.0775. The van der Waals surface area contributed by atoms with Gasteiger partial charge in [-0.2, -0.15) is 4.98 Å². The lowest BCUT2D eigenvalue weighted by Gasteiger charge is -2.36. The average molecular weight is 826 g/mol. The number of fused-ring (bicyclic) bond motifs is 2. The molecule has 310 valence electrons. The highest BCUT2D eigenvalue weighted by Crippen LogP contribution is 2.36. The Morgan fingerprint density at radius 3 is 2.46 bits per heavy atom. The SMILES string of the molecule is CCn1c(=O)c(OCCNC)cc2cc(Nc3nc(N4CCC(COC5CCN(c6cccc7c6C(=O)N(C6CCC(=O)NC6=O)C7=O)CC5)CC4)ncc3Cl)ccc21. The predicted octanol–water partition coefficient (Wildman–Crippen LogP) is 4.11. The summed E-state index contributed by atoms with van der Waals surface area (Å²) in [5.74, 6) is -0.234. The van der Waals surface area contributed by atoms with E-state index in [0.29, 0.717) is 79.1 Å². The summed E-state index contributed by atoms with van der Waals surface area (Å²) in [7, 11) is 1.83. The predicted molar refractivity (Wildman–Crippen MR) is 223 cm³/mol. The molecule has 4 aliphatic heterocycles. The van der Waals surface area contributed by atoms with Crippen molar-refractivity contribution in [2.24, 2.45) is 5.92 Å². The number of hydrogen-bond donors (Lipinski definition) is 3. The van der Waals surface area contributed by atoms with Gasteiger partial charge >= 0.3 is 0 Å². The molecule has 1 unspecified atom stereocenters. The van der Waals surface area contributed by atoms with Crippen LogP contribution in [0.5, 0.6) is 5.75 Å². The fourth-order valence-electron chi connectivity index (χ4n) is 8.45. The van der Waals surface area contributed by atoms with Gasteiger partial charge in [0.2, 0.25) is 17.8 Å². The number of likely N-dealkylation sites (N-methyl/N-ethyl adjacent to an activating group) is 1. The van der Waals surface area contributed by atoms with Gasteiger partial charge in [0.25, 0.3) is 17.4 Å². The molecule has 1 atom stereocenters. The molecular weight excluding hydrogens is 778 g/mol. The number of aryl methyl sites for hydroxylation is 1. The first-order valence-electron chi connectivity index (χ1n) is 20.3. The van der Waals surface area contributed by atoms with Gasteiger partial charge in [-0.05, 0) is 88.4 Å². The van der Waals surface area contributed by atoms with Crippen molar-refractivity contribution in [1.82, 2.24) is 30.1 Å². The third-order valence-electron chi connectivity index (χ3n) is 11.7. The van der Waals surface area contributed by atoms with Crippen LogP contribution in [-0.2, 0) is 20.9 Å². The van der Waals surface area contributed by atoms with Crippen molar-refractivity contribution in [3.8, 4) is 5.75 Å². The van der Waals surface area contributed by atoms with E-state index >= 15 is 0 Å². The average Bonchev–Trinajstić information content (AvgIpc) is 3.50. The molecule has 2 aromatic heterocycles. The van der Waals surface area contributed by atoms with Gasteiger partial charge in [-0.15, -0.1) is 0 Å². The van der Waals surface area contributed by atoms with Crippen LogP contribution in [0.1, 0.15) is 66.2 Å². The molecule has 0 radical (unpaired) electrons. The van der Waals surface area contributed by atoms with Gasteiger partial charge in [0.15, 0.2) is 11.6 Å². The molecule has 3 saturated heterocycles. The van der Waals surface area contributed by atoms with E-state index in [0.717, 1.165) is 60.3 Å². The second kappa shape index (κ2) is 17.3. The van der Waals surface area contributed by atoms with E-state index in [1.165, 1.54) is 0 Å². The van der Waals surface area contributed by atoms with Gasteiger partial charge in [0.1, 0.15) is 17.7 Å². The fraction of sp³-hybridized carbons (Fsp3) is 0.452. The number of nitrogens with zero attached hydrogens (tertiary/aromatic N) is 6. The van der Waals surface area contributed by atoms with Gasteiger partial charge in [0, 0.05) is 63.4 Å². The third-order valence-corrected chi connectivity index (χ3v) is 12.0. The lowest BCUT2D eigenvalue weighted by Crippen LogP contribution is -2.54. The highest BCUT2D eigenvalue weighted by Gasteiger charge is 2.46. The van der Waals surface area contributed by atoms with Crippen LogP contribution in [0.3, 0.4) is 0 Å². The molecule has 2 aromatic carbocycles. The Hall–Kier alpha value is -5.58.